The quantitative estimate of drug-likeness (QED) is 0.461. The summed E-state index contributed by atoms with van der Waals surface area (Å²) in [5.41, 5.74) is -0.0536. The van der Waals surface area contributed by atoms with Crippen LogP contribution in [0.5, 0.6) is 0 Å². The van der Waals surface area contributed by atoms with Crippen molar-refractivity contribution in [1.82, 2.24) is 18.8 Å². The Morgan fingerprint density at radius 3 is 2.57 bits per heavy atom. The second-order valence-corrected chi connectivity index (χ2v) is 7.73. The van der Waals surface area contributed by atoms with Crippen molar-refractivity contribution in [1.29, 1.82) is 0 Å². The normalized spacial score (nSPS) is 15.2. The Kier molecular flexibility index (Phi) is 5.31. The highest BCUT2D eigenvalue weighted by Crippen LogP contribution is 2.22. The van der Waals surface area contributed by atoms with E-state index in [9.17, 15) is 14.9 Å². The van der Waals surface area contributed by atoms with Crippen LogP contribution in [0.4, 0.5) is 11.6 Å². The summed E-state index contributed by atoms with van der Waals surface area (Å²) in [5, 5.41) is 11.5. The topological polar surface area (TPSA) is 97.4 Å². The van der Waals surface area contributed by atoms with E-state index in [1.165, 1.54) is 23.7 Å². The van der Waals surface area contributed by atoms with Crippen molar-refractivity contribution in [2.75, 3.05) is 37.6 Å². The standard InChI is InChI=1S/C18H20N6O3S/c25-17-15-4-3-14(24(26)27)13-16(15)28-23(17)8-2-7-21-9-11-22(12-10-21)18-19-5-1-6-20-18/h1,3-6,13H,2,7-12H2. The van der Waals surface area contributed by atoms with Crippen LogP contribution in [0.1, 0.15) is 6.42 Å². The lowest BCUT2D eigenvalue weighted by Crippen LogP contribution is -2.47. The Labute approximate surface area is 165 Å². The van der Waals surface area contributed by atoms with Gasteiger partial charge in [-0.15, -0.1) is 0 Å². The maximum atomic E-state index is 12.5. The molecule has 0 bridgehead atoms. The van der Waals surface area contributed by atoms with Gasteiger partial charge in [-0.25, -0.2) is 9.97 Å². The third-order valence-corrected chi connectivity index (χ3v) is 5.99. The zero-order chi connectivity index (χ0) is 19.5. The Morgan fingerprint density at radius 2 is 1.86 bits per heavy atom. The molecule has 1 aliphatic rings. The smallest absolute Gasteiger partial charge is 0.270 e. The summed E-state index contributed by atoms with van der Waals surface area (Å²) >= 11 is 1.30. The molecule has 0 N–H and O–H groups in total. The molecule has 28 heavy (non-hydrogen) atoms. The summed E-state index contributed by atoms with van der Waals surface area (Å²) in [5.74, 6) is 0.771. The molecule has 0 saturated carbocycles. The van der Waals surface area contributed by atoms with Gasteiger partial charge in [-0.1, -0.05) is 11.5 Å². The minimum absolute atomic E-state index is 0.0150. The molecule has 0 radical (unpaired) electrons. The van der Waals surface area contributed by atoms with E-state index in [1.807, 2.05) is 6.07 Å². The van der Waals surface area contributed by atoms with Gasteiger partial charge in [0.1, 0.15) is 0 Å². The second-order valence-electron chi connectivity index (χ2n) is 6.67. The van der Waals surface area contributed by atoms with Gasteiger partial charge < -0.3 is 4.90 Å². The number of non-ortho nitro benzene ring substituents is 1. The third kappa shape index (κ3) is 3.87. The molecule has 146 valence electrons. The summed E-state index contributed by atoms with van der Waals surface area (Å²) in [6.07, 6.45) is 4.37. The highest BCUT2D eigenvalue weighted by molar-refractivity contribution is 7.13. The maximum Gasteiger partial charge on any atom is 0.270 e. The minimum Gasteiger partial charge on any atom is -0.338 e. The van der Waals surface area contributed by atoms with Gasteiger partial charge in [0, 0.05) is 63.8 Å². The molecule has 1 aromatic carbocycles. The number of anilines is 1. The van der Waals surface area contributed by atoms with Gasteiger partial charge in [-0.05, 0) is 18.6 Å². The Hall–Kier alpha value is -2.85. The molecule has 0 amide bonds. The van der Waals surface area contributed by atoms with Gasteiger partial charge in [0.05, 0.1) is 15.0 Å². The summed E-state index contributed by atoms with van der Waals surface area (Å²) in [6, 6.07) is 6.22. The van der Waals surface area contributed by atoms with Crippen LogP contribution in [0.15, 0.2) is 41.5 Å². The van der Waals surface area contributed by atoms with E-state index >= 15 is 0 Å². The molecule has 0 atom stereocenters. The van der Waals surface area contributed by atoms with E-state index < -0.39 is 4.92 Å². The molecule has 0 unspecified atom stereocenters. The Bertz CT molecular complexity index is 1030. The molecular formula is C18H20N6O3S. The average molecular weight is 400 g/mol. The number of benzene rings is 1. The monoisotopic (exact) mass is 400 g/mol. The molecule has 3 aromatic rings. The lowest BCUT2D eigenvalue weighted by molar-refractivity contribution is -0.384. The fraction of sp³-hybridized carbons (Fsp3) is 0.389. The van der Waals surface area contributed by atoms with Crippen LogP contribution in [-0.2, 0) is 6.54 Å². The molecule has 9 nitrogen and oxygen atoms in total. The van der Waals surface area contributed by atoms with E-state index in [1.54, 1.807) is 22.4 Å². The van der Waals surface area contributed by atoms with Gasteiger partial charge in [0.25, 0.3) is 11.2 Å². The first-order chi connectivity index (χ1) is 13.6. The summed E-state index contributed by atoms with van der Waals surface area (Å²) in [4.78, 5) is 36.1. The van der Waals surface area contributed by atoms with Crippen molar-refractivity contribution in [2.24, 2.45) is 0 Å². The van der Waals surface area contributed by atoms with Gasteiger partial charge in [0.15, 0.2) is 0 Å². The second kappa shape index (κ2) is 8.03. The average Bonchev–Trinajstić information content (AvgIpc) is 3.04. The van der Waals surface area contributed by atoms with Crippen LogP contribution in [0.3, 0.4) is 0 Å². The van der Waals surface area contributed by atoms with Crippen LogP contribution in [0, 0.1) is 10.1 Å². The number of piperazine rings is 1. The molecule has 10 heteroatoms. The number of rotatable bonds is 6. The molecule has 4 rings (SSSR count). The van der Waals surface area contributed by atoms with Gasteiger partial charge in [-0.3, -0.25) is 23.8 Å². The zero-order valence-corrected chi connectivity index (χ0v) is 16.0. The van der Waals surface area contributed by atoms with E-state index in [0.29, 0.717) is 16.6 Å². The van der Waals surface area contributed by atoms with Crippen molar-refractivity contribution in [3.8, 4) is 0 Å². The van der Waals surface area contributed by atoms with Crippen molar-refractivity contribution >= 4 is 33.3 Å². The molecule has 2 aromatic heterocycles. The fourth-order valence-electron chi connectivity index (χ4n) is 3.38. The zero-order valence-electron chi connectivity index (χ0n) is 15.2. The van der Waals surface area contributed by atoms with Crippen LogP contribution >= 0.6 is 11.5 Å². The Morgan fingerprint density at radius 1 is 1.11 bits per heavy atom. The first kappa shape index (κ1) is 18.5. The van der Waals surface area contributed by atoms with Crippen LogP contribution < -0.4 is 10.5 Å². The molecular weight excluding hydrogens is 380 g/mol. The lowest BCUT2D eigenvalue weighted by Gasteiger charge is -2.34. The largest absolute Gasteiger partial charge is 0.338 e. The number of nitrogens with zero attached hydrogens (tertiary/aromatic N) is 6. The molecule has 0 aliphatic carbocycles. The summed E-state index contributed by atoms with van der Waals surface area (Å²) in [6.45, 7) is 5.17. The summed E-state index contributed by atoms with van der Waals surface area (Å²) in [7, 11) is 0. The molecule has 1 fully saturated rings. The summed E-state index contributed by atoms with van der Waals surface area (Å²) < 4.78 is 2.36. The lowest BCUT2D eigenvalue weighted by atomic mass is 10.2. The number of fused-ring (bicyclic) bond motifs is 1. The highest BCUT2D eigenvalue weighted by atomic mass is 32.1. The molecule has 0 spiro atoms. The number of aryl methyl sites for hydroxylation is 1. The van der Waals surface area contributed by atoms with E-state index in [0.717, 1.165) is 45.1 Å². The van der Waals surface area contributed by atoms with Crippen LogP contribution in [-0.4, -0.2) is 56.5 Å². The van der Waals surface area contributed by atoms with Gasteiger partial charge >= 0.3 is 0 Å². The highest BCUT2D eigenvalue weighted by Gasteiger charge is 2.18. The minimum atomic E-state index is -0.436. The van der Waals surface area contributed by atoms with Crippen molar-refractivity contribution < 1.29 is 4.92 Å². The van der Waals surface area contributed by atoms with Crippen molar-refractivity contribution in [3.63, 3.8) is 0 Å². The van der Waals surface area contributed by atoms with Crippen LogP contribution in [0.2, 0.25) is 0 Å². The molecule has 3 heterocycles. The molecule has 1 saturated heterocycles. The van der Waals surface area contributed by atoms with Crippen molar-refractivity contribution in [2.45, 2.75) is 13.0 Å². The fourth-order valence-corrected chi connectivity index (χ4v) is 4.45. The molecule has 1 aliphatic heterocycles. The predicted octanol–water partition coefficient (Wildman–Crippen LogP) is 1.97. The Balaban J connectivity index is 1.31. The number of aromatic nitrogens is 3. The third-order valence-electron chi connectivity index (χ3n) is 4.88. The number of hydrogen-bond acceptors (Lipinski definition) is 8. The van der Waals surface area contributed by atoms with E-state index in [4.69, 9.17) is 0 Å². The SMILES string of the molecule is O=c1c2ccc([N+](=O)[O-])cc2sn1CCCN1CCN(c2ncccn2)CC1. The van der Waals surface area contributed by atoms with E-state index in [2.05, 4.69) is 19.8 Å². The van der Waals surface area contributed by atoms with Crippen LogP contribution in [0.25, 0.3) is 10.1 Å². The first-order valence-electron chi connectivity index (χ1n) is 9.14. The van der Waals surface area contributed by atoms with Gasteiger partial charge in [0.2, 0.25) is 5.95 Å². The maximum absolute atomic E-state index is 12.5. The van der Waals surface area contributed by atoms with E-state index in [-0.39, 0.29) is 11.2 Å². The van der Waals surface area contributed by atoms with Crippen molar-refractivity contribution in [3.05, 3.63) is 57.1 Å². The number of hydrogen-bond donors (Lipinski definition) is 0. The predicted molar refractivity (Wildman–Crippen MR) is 108 cm³/mol. The number of nitro benzene ring substituents is 1. The first-order valence-corrected chi connectivity index (χ1v) is 9.92. The van der Waals surface area contributed by atoms with Gasteiger partial charge in [-0.2, -0.15) is 0 Å². The number of nitro groups is 1.